The Hall–Kier alpha value is -1.93. The van der Waals surface area contributed by atoms with Gasteiger partial charge in [0, 0.05) is 19.1 Å². The van der Waals surface area contributed by atoms with E-state index < -0.39 is 22.1 Å². The van der Waals surface area contributed by atoms with E-state index in [0.717, 1.165) is 51.4 Å². The lowest BCUT2D eigenvalue weighted by Crippen LogP contribution is -2.40. The van der Waals surface area contributed by atoms with Crippen molar-refractivity contribution in [3.63, 3.8) is 0 Å². The largest absolute Gasteiger partial charge is 0.449 e. The van der Waals surface area contributed by atoms with Crippen molar-refractivity contribution in [2.45, 2.75) is 75.3 Å². The van der Waals surface area contributed by atoms with Crippen LogP contribution in [0.3, 0.4) is 0 Å². The molecule has 29 heavy (non-hydrogen) atoms. The Morgan fingerprint density at radius 3 is 2.38 bits per heavy atom. The third-order valence-corrected chi connectivity index (χ3v) is 7.52. The molecule has 1 aromatic rings. The fourth-order valence-electron chi connectivity index (χ4n) is 3.89. The van der Waals surface area contributed by atoms with Gasteiger partial charge in [0.05, 0.1) is 10.5 Å². The molecule has 1 aliphatic carbocycles. The van der Waals surface area contributed by atoms with Crippen molar-refractivity contribution in [1.29, 1.82) is 0 Å². The number of nitrogens with one attached hydrogen (secondary N) is 1. The first kappa shape index (κ1) is 21.8. The van der Waals surface area contributed by atoms with Crippen LogP contribution in [0.5, 0.6) is 0 Å². The zero-order valence-corrected chi connectivity index (χ0v) is 17.7. The average Bonchev–Trinajstić information content (AvgIpc) is 3.06. The molecule has 1 aliphatic heterocycles. The van der Waals surface area contributed by atoms with Gasteiger partial charge in [-0.05, 0) is 50.8 Å². The van der Waals surface area contributed by atoms with Gasteiger partial charge >= 0.3 is 5.97 Å². The number of carbonyl (C=O) groups is 2. The molecule has 1 saturated carbocycles. The van der Waals surface area contributed by atoms with Crippen molar-refractivity contribution in [2.75, 3.05) is 13.1 Å². The van der Waals surface area contributed by atoms with Crippen molar-refractivity contribution in [3.8, 4) is 0 Å². The van der Waals surface area contributed by atoms with Crippen molar-refractivity contribution in [1.82, 2.24) is 9.62 Å². The number of hydrogen-bond donors (Lipinski definition) is 1. The van der Waals surface area contributed by atoms with Crippen LogP contribution < -0.4 is 5.32 Å². The molecule has 1 saturated heterocycles. The molecule has 0 radical (unpaired) electrons. The summed E-state index contributed by atoms with van der Waals surface area (Å²) in [6, 6.07) is 6.01. The lowest BCUT2D eigenvalue weighted by Gasteiger charge is -2.20. The number of amides is 1. The molecule has 0 unspecified atom stereocenters. The number of carbonyl (C=O) groups excluding carboxylic acids is 2. The van der Waals surface area contributed by atoms with Crippen LogP contribution in [0.2, 0.25) is 0 Å². The van der Waals surface area contributed by atoms with Gasteiger partial charge in [-0.15, -0.1) is 0 Å². The summed E-state index contributed by atoms with van der Waals surface area (Å²) in [6.07, 6.45) is 6.89. The quantitative estimate of drug-likeness (QED) is 0.712. The van der Waals surface area contributed by atoms with Crippen LogP contribution in [0.4, 0.5) is 0 Å². The van der Waals surface area contributed by atoms with Crippen molar-refractivity contribution >= 4 is 21.9 Å². The van der Waals surface area contributed by atoms with E-state index >= 15 is 0 Å². The number of sulfonamides is 1. The van der Waals surface area contributed by atoms with E-state index in [1.165, 1.54) is 35.5 Å². The van der Waals surface area contributed by atoms with Crippen LogP contribution in [0.1, 0.15) is 68.6 Å². The molecule has 0 spiro atoms. The highest BCUT2D eigenvalue weighted by atomic mass is 32.2. The maximum atomic E-state index is 12.9. The Labute approximate surface area is 172 Å². The molecular weight excluding hydrogens is 392 g/mol. The molecule has 7 nitrogen and oxygen atoms in total. The summed E-state index contributed by atoms with van der Waals surface area (Å²) in [6.45, 7) is 2.52. The SMILES string of the molecule is C[C@@H](OC(=O)c1cccc(S(=O)(=O)N2CCCCCC2)c1)C(=O)NC1CCCC1. The number of esters is 1. The van der Waals surface area contributed by atoms with Gasteiger partial charge in [-0.3, -0.25) is 4.79 Å². The molecule has 160 valence electrons. The van der Waals surface area contributed by atoms with Gasteiger partial charge in [0.2, 0.25) is 10.0 Å². The highest BCUT2D eigenvalue weighted by molar-refractivity contribution is 7.89. The van der Waals surface area contributed by atoms with Crippen LogP contribution in [0.15, 0.2) is 29.2 Å². The van der Waals surface area contributed by atoms with Crippen LogP contribution in [0, 0.1) is 0 Å². The van der Waals surface area contributed by atoms with E-state index in [1.54, 1.807) is 0 Å². The average molecular weight is 423 g/mol. The smallest absolute Gasteiger partial charge is 0.338 e. The van der Waals surface area contributed by atoms with Gasteiger partial charge in [0.25, 0.3) is 5.91 Å². The van der Waals surface area contributed by atoms with Gasteiger partial charge in [-0.25, -0.2) is 13.2 Å². The second kappa shape index (κ2) is 9.71. The first-order valence-electron chi connectivity index (χ1n) is 10.5. The molecule has 3 rings (SSSR count). The summed E-state index contributed by atoms with van der Waals surface area (Å²) in [5, 5.41) is 2.90. The van der Waals surface area contributed by atoms with Gasteiger partial charge in [0.1, 0.15) is 0 Å². The summed E-state index contributed by atoms with van der Waals surface area (Å²) < 4.78 is 32.7. The molecule has 1 N–H and O–H groups in total. The third-order valence-electron chi connectivity index (χ3n) is 5.63. The lowest BCUT2D eigenvalue weighted by atomic mass is 10.2. The Balaban J connectivity index is 1.66. The van der Waals surface area contributed by atoms with E-state index in [2.05, 4.69) is 5.32 Å². The van der Waals surface area contributed by atoms with E-state index in [4.69, 9.17) is 4.74 Å². The summed E-state index contributed by atoms with van der Waals surface area (Å²) >= 11 is 0. The van der Waals surface area contributed by atoms with Gasteiger partial charge in [0.15, 0.2) is 6.10 Å². The van der Waals surface area contributed by atoms with E-state index in [9.17, 15) is 18.0 Å². The maximum absolute atomic E-state index is 12.9. The molecule has 1 aromatic carbocycles. The van der Waals surface area contributed by atoms with Crippen molar-refractivity contribution in [3.05, 3.63) is 29.8 Å². The van der Waals surface area contributed by atoms with E-state index in [-0.39, 0.29) is 22.4 Å². The molecule has 2 aliphatic rings. The molecule has 8 heteroatoms. The summed E-state index contributed by atoms with van der Waals surface area (Å²) in [4.78, 5) is 24.8. The lowest BCUT2D eigenvalue weighted by molar-refractivity contribution is -0.129. The zero-order chi connectivity index (χ0) is 20.9. The highest BCUT2D eigenvalue weighted by Gasteiger charge is 2.27. The maximum Gasteiger partial charge on any atom is 0.338 e. The van der Waals surface area contributed by atoms with E-state index in [1.807, 2.05) is 0 Å². The Kier molecular flexibility index (Phi) is 7.29. The first-order valence-corrected chi connectivity index (χ1v) is 11.9. The molecule has 1 atom stereocenters. The standard InChI is InChI=1S/C21H30N2O5S/c1-16(20(24)22-18-10-4-5-11-18)28-21(25)17-9-8-12-19(15-17)29(26,27)23-13-6-2-3-7-14-23/h8-9,12,15-16,18H,2-7,10-11,13-14H2,1H3,(H,22,24)/t16-/m1/s1. The number of hydrogen-bond acceptors (Lipinski definition) is 5. The Bertz CT molecular complexity index is 825. The molecule has 1 amide bonds. The Morgan fingerprint density at radius 2 is 1.72 bits per heavy atom. The normalized spacial score (nSPS) is 20.0. The first-order chi connectivity index (χ1) is 13.9. The zero-order valence-electron chi connectivity index (χ0n) is 16.9. The molecule has 2 fully saturated rings. The van der Waals surface area contributed by atoms with Gasteiger partial charge < -0.3 is 10.1 Å². The highest BCUT2D eigenvalue weighted by Crippen LogP contribution is 2.22. The van der Waals surface area contributed by atoms with Crippen LogP contribution in [0.25, 0.3) is 0 Å². The van der Waals surface area contributed by atoms with Gasteiger partial charge in [-0.2, -0.15) is 4.31 Å². The summed E-state index contributed by atoms with van der Waals surface area (Å²) in [5.74, 6) is -1.02. The molecule has 0 bridgehead atoms. The third kappa shape index (κ3) is 5.57. The number of rotatable bonds is 6. The minimum atomic E-state index is -3.66. The fraction of sp³-hybridized carbons (Fsp3) is 0.619. The monoisotopic (exact) mass is 422 g/mol. The number of ether oxygens (including phenoxy) is 1. The van der Waals surface area contributed by atoms with Crippen LogP contribution >= 0.6 is 0 Å². The van der Waals surface area contributed by atoms with Crippen LogP contribution in [-0.2, 0) is 19.6 Å². The predicted octanol–water partition coefficient (Wildman–Crippen LogP) is 2.86. The minimum absolute atomic E-state index is 0.0805. The van der Waals surface area contributed by atoms with Crippen molar-refractivity contribution in [2.24, 2.45) is 0 Å². The topological polar surface area (TPSA) is 92.8 Å². The number of benzene rings is 1. The molecule has 0 aromatic heterocycles. The van der Waals surface area contributed by atoms with E-state index in [0.29, 0.717) is 13.1 Å². The second-order valence-electron chi connectivity index (χ2n) is 7.88. The van der Waals surface area contributed by atoms with Gasteiger partial charge in [-0.1, -0.05) is 31.7 Å². The minimum Gasteiger partial charge on any atom is -0.449 e. The Morgan fingerprint density at radius 1 is 1.07 bits per heavy atom. The predicted molar refractivity (Wildman–Crippen MR) is 109 cm³/mol. The summed E-state index contributed by atoms with van der Waals surface area (Å²) in [5.41, 5.74) is 0.126. The number of nitrogens with zero attached hydrogens (tertiary/aromatic N) is 1. The molecular formula is C21H30N2O5S. The second-order valence-corrected chi connectivity index (χ2v) is 9.82. The van der Waals surface area contributed by atoms with Crippen LogP contribution in [-0.4, -0.2) is 49.8 Å². The summed E-state index contributed by atoms with van der Waals surface area (Å²) in [7, 11) is -3.66. The van der Waals surface area contributed by atoms with Crippen molar-refractivity contribution < 1.29 is 22.7 Å². The molecule has 1 heterocycles. The fourth-order valence-corrected chi connectivity index (χ4v) is 5.45.